The van der Waals surface area contributed by atoms with Crippen molar-refractivity contribution in [3.63, 3.8) is 0 Å². The van der Waals surface area contributed by atoms with Gasteiger partial charge in [0.2, 0.25) is 23.6 Å². The summed E-state index contributed by atoms with van der Waals surface area (Å²) in [5.74, 6) is -1.76. The number of benzene rings is 3. The summed E-state index contributed by atoms with van der Waals surface area (Å²) in [5, 5.41) is 11.4. The van der Waals surface area contributed by atoms with Gasteiger partial charge >= 0.3 is 0 Å². The molecule has 13 heteroatoms. The number of nitrogens with zero attached hydrogens (tertiary/aromatic N) is 1. The summed E-state index contributed by atoms with van der Waals surface area (Å²) in [7, 11) is -2.92. The minimum atomic E-state index is -2.92. The highest BCUT2D eigenvalue weighted by Gasteiger charge is 2.51. The molecule has 2 heterocycles. The quantitative estimate of drug-likeness (QED) is 0.129. The summed E-state index contributed by atoms with van der Waals surface area (Å²) in [6, 6.07) is 22.8. The predicted molar refractivity (Wildman–Crippen MR) is 232 cm³/mol. The molecule has 2 aliphatic rings. The molecule has 1 unspecified atom stereocenters. The van der Waals surface area contributed by atoms with Crippen LogP contribution in [0.5, 0.6) is 0 Å². The second kappa shape index (κ2) is 19.4. The number of hydrogen-bond donors (Lipinski definition) is 3. The molecular formula is C45H58Cl2N4O6Si. The molecule has 3 aromatic rings. The zero-order valence-corrected chi connectivity index (χ0v) is 37.1. The van der Waals surface area contributed by atoms with Crippen LogP contribution in [0.3, 0.4) is 0 Å². The topological polar surface area (TPSA) is 134 Å². The molecule has 3 aromatic carbocycles. The second-order valence-corrected chi connectivity index (χ2v) is 22.0. The number of nitrogens with one attached hydrogen (secondary N) is 3. The molecule has 10 nitrogen and oxygen atoms in total. The molecule has 2 saturated heterocycles. The largest absolute Gasteiger partial charge is 0.398 e. The monoisotopic (exact) mass is 848 g/mol. The standard InChI is InChI=1S/C45H58Cl2N4O6Si/c1-7-45(6)43(56)49-37(29-31-25-26-34(46)35(47)28-31)42(55)51-27-17-23-38(51)41(54)48-36(40(53)50-45)22-15-10-16-24-39(52)30(2)57-58(44(3,4)5,32-18-11-8-12-19-32)33-20-13-9-14-21-33/h8-9,11-14,18-21,25-26,28,30,36-38H,7,10,15-17,22-24,27,29H2,1-6H3,(H,48,54)(H,49,56)(H,50,53)/t30-,36+,37?,38-,45+/m1/s1. The number of rotatable bonds is 14. The number of ketones is 1. The molecule has 0 spiro atoms. The van der Waals surface area contributed by atoms with Crippen LogP contribution in [0, 0.1) is 0 Å². The Labute approximate surface area is 354 Å². The smallest absolute Gasteiger partial charge is 0.262 e. The molecule has 2 aliphatic heterocycles. The van der Waals surface area contributed by atoms with Crippen LogP contribution in [0.25, 0.3) is 0 Å². The first-order chi connectivity index (χ1) is 27.5. The summed E-state index contributed by atoms with van der Waals surface area (Å²) in [5.41, 5.74) is -0.682. The average molecular weight is 850 g/mol. The predicted octanol–water partition coefficient (Wildman–Crippen LogP) is 6.28. The second-order valence-electron chi connectivity index (χ2n) is 16.9. The highest BCUT2D eigenvalue weighted by molar-refractivity contribution is 6.99. The fraction of sp³-hybridized carbons (Fsp3) is 0.489. The van der Waals surface area contributed by atoms with Crippen molar-refractivity contribution in [2.75, 3.05) is 6.54 Å². The Morgan fingerprint density at radius 2 is 1.52 bits per heavy atom. The van der Waals surface area contributed by atoms with Gasteiger partial charge in [0.25, 0.3) is 8.32 Å². The van der Waals surface area contributed by atoms with E-state index in [4.69, 9.17) is 27.6 Å². The van der Waals surface area contributed by atoms with Gasteiger partial charge in [-0.2, -0.15) is 0 Å². The molecule has 0 bridgehead atoms. The third kappa shape index (κ3) is 10.2. The van der Waals surface area contributed by atoms with Gasteiger partial charge in [0.1, 0.15) is 29.8 Å². The Hall–Kier alpha value is -4.03. The molecule has 3 N–H and O–H groups in total. The first-order valence-electron chi connectivity index (χ1n) is 20.5. The number of unbranched alkanes of at least 4 members (excludes halogenated alkanes) is 2. The third-order valence-corrected chi connectivity index (χ3v) is 17.6. The van der Waals surface area contributed by atoms with Crippen molar-refractivity contribution in [3.8, 4) is 0 Å². The van der Waals surface area contributed by atoms with Gasteiger partial charge in [-0.3, -0.25) is 24.0 Å². The van der Waals surface area contributed by atoms with Crippen LogP contribution in [-0.4, -0.2) is 78.9 Å². The molecule has 0 saturated carbocycles. The first-order valence-corrected chi connectivity index (χ1v) is 23.2. The normalized spacial score (nSPS) is 22.6. The molecule has 0 radical (unpaired) electrons. The van der Waals surface area contributed by atoms with Crippen LogP contribution in [0.4, 0.5) is 0 Å². The summed E-state index contributed by atoms with van der Waals surface area (Å²) in [4.78, 5) is 71.0. The highest BCUT2D eigenvalue weighted by atomic mass is 35.5. The lowest BCUT2D eigenvalue weighted by atomic mass is 9.94. The maximum absolute atomic E-state index is 14.1. The Kier molecular flexibility index (Phi) is 15.0. The van der Waals surface area contributed by atoms with E-state index >= 15 is 0 Å². The zero-order valence-electron chi connectivity index (χ0n) is 34.5. The van der Waals surface area contributed by atoms with Gasteiger partial charge in [0.05, 0.1) is 10.0 Å². The molecule has 5 atom stereocenters. The fourth-order valence-electron chi connectivity index (χ4n) is 8.17. The Balaban J connectivity index is 1.25. The van der Waals surface area contributed by atoms with Gasteiger partial charge in [-0.05, 0) is 79.1 Å². The number of hydrogen-bond acceptors (Lipinski definition) is 6. The van der Waals surface area contributed by atoms with E-state index in [0.717, 1.165) is 10.4 Å². The zero-order chi connectivity index (χ0) is 42.3. The van der Waals surface area contributed by atoms with Gasteiger partial charge in [0.15, 0.2) is 5.78 Å². The van der Waals surface area contributed by atoms with Gasteiger partial charge in [-0.15, -0.1) is 0 Å². The van der Waals surface area contributed by atoms with E-state index in [-0.39, 0.29) is 29.6 Å². The lowest BCUT2D eigenvalue weighted by molar-refractivity contribution is -0.144. The number of carbonyl (C=O) groups is 5. The minimum absolute atomic E-state index is 0.0122. The summed E-state index contributed by atoms with van der Waals surface area (Å²) in [6.07, 6.45) is 3.11. The third-order valence-electron chi connectivity index (χ3n) is 11.7. The van der Waals surface area contributed by atoms with E-state index in [9.17, 15) is 24.0 Å². The Morgan fingerprint density at radius 1 is 0.879 bits per heavy atom. The van der Waals surface area contributed by atoms with Gasteiger partial charge in [0, 0.05) is 19.4 Å². The van der Waals surface area contributed by atoms with Gasteiger partial charge in [-0.1, -0.05) is 130 Å². The molecule has 4 amide bonds. The van der Waals surface area contributed by atoms with Crippen LogP contribution in [-0.2, 0) is 34.8 Å². The van der Waals surface area contributed by atoms with Crippen LogP contribution < -0.4 is 26.3 Å². The maximum atomic E-state index is 14.1. The van der Waals surface area contributed by atoms with E-state index < -0.39 is 55.8 Å². The van der Waals surface area contributed by atoms with Gasteiger partial charge in [-0.25, -0.2) is 0 Å². The number of fused-ring (bicyclic) bond motifs is 1. The Bertz CT molecular complexity index is 1900. The van der Waals surface area contributed by atoms with E-state index in [2.05, 4.69) is 61.0 Å². The molecule has 0 aromatic heterocycles. The fourth-order valence-corrected chi connectivity index (χ4v) is 13.2. The van der Waals surface area contributed by atoms with E-state index in [1.54, 1.807) is 32.0 Å². The minimum Gasteiger partial charge on any atom is -0.398 e. The van der Waals surface area contributed by atoms with Crippen molar-refractivity contribution in [2.45, 2.75) is 134 Å². The molecular weight excluding hydrogens is 792 g/mol. The molecule has 5 rings (SSSR count). The number of amides is 4. The first kappa shape index (κ1) is 45.1. The van der Waals surface area contributed by atoms with Crippen molar-refractivity contribution in [1.29, 1.82) is 0 Å². The lowest BCUT2D eigenvalue weighted by Crippen LogP contribution is -2.68. The number of carbonyl (C=O) groups excluding carboxylic acids is 5. The molecule has 58 heavy (non-hydrogen) atoms. The van der Waals surface area contributed by atoms with Crippen LogP contribution in [0.15, 0.2) is 78.9 Å². The van der Waals surface area contributed by atoms with E-state index in [0.29, 0.717) is 67.1 Å². The molecule has 0 aliphatic carbocycles. The maximum Gasteiger partial charge on any atom is 0.262 e. The van der Waals surface area contributed by atoms with Crippen molar-refractivity contribution in [1.82, 2.24) is 20.9 Å². The highest BCUT2D eigenvalue weighted by Crippen LogP contribution is 2.38. The summed E-state index contributed by atoms with van der Waals surface area (Å²) < 4.78 is 7.03. The van der Waals surface area contributed by atoms with Crippen molar-refractivity contribution >= 4 is 71.3 Å². The van der Waals surface area contributed by atoms with Crippen LogP contribution in [0.2, 0.25) is 15.1 Å². The lowest BCUT2D eigenvalue weighted by Gasteiger charge is -2.44. The molecule has 312 valence electrons. The van der Waals surface area contributed by atoms with Crippen molar-refractivity contribution < 1.29 is 28.4 Å². The SMILES string of the molecule is CC[C@]1(C)NC(=O)[C@H](CCCCCC(=O)[C@@H](C)O[Si](c2ccccc2)(c2ccccc2)C(C)(C)C)NC(=O)[C@H]2CCCN2C(=O)C(Cc2ccc(Cl)c(Cl)c2)NC1=O. The average Bonchev–Trinajstić information content (AvgIpc) is 3.70. The van der Waals surface area contributed by atoms with E-state index in [1.165, 1.54) is 4.90 Å². The molecule has 2 fully saturated rings. The van der Waals surface area contributed by atoms with Crippen molar-refractivity contribution in [3.05, 3.63) is 94.5 Å². The summed E-state index contributed by atoms with van der Waals surface area (Å²) in [6.45, 7) is 12.1. The van der Waals surface area contributed by atoms with Crippen LogP contribution in [0.1, 0.15) is 98.5 Å². The number of Topliss-reactive ketones (excluding diaryl/α,β-unsaturated/α-hetero) is 1. The Morgan fingerprint density at radius 3 is 2.10 bits per heavy atom. The van der Waals surface area contributed by atoms with Crippen molar-refractivity contribution in [2.24, 2.45) is 0 Å². The van der Waals surface area contributed by atoms with Gasteiger partial charge < -0.3 is 25.3 Å². The van der Waals surface area contributed by atoms with Crippen LogP contribution >= 0.6 is 23.2 Å². The summed E-state index contributed by atoms with van der Waals surface area (Å²) >= 11 is 12.4. The number of halogens is 2. The van der Waals surface area contributed by atoms with E-state index in [1.807, 2.05) is 43.3 Å².